The molecule has 8 heteroatoms. The van der Waals surface area contributed by atoms with Crippen LogP contribution in [0.15, 0.2) is 22.7 Å². The zero-order chi connectivity index (χ0) is 14.0. The normalized spacial score (nSPS) is 14.5. The summed E-state index contributed by atoms with van der Waals surface area (Å²) in [5.41, 5.74) is -0.0137. The van der Waals surface area contributed by atoms with Gasteiger partial charge in [-0.15, -0.1) is 0 Å². The molecule has 0 radical (unpaired) electrons. The zero-order valence-electron chi connectivity index (χ0n) is 9.57. The van der Waals surface area contributed by atoms with Crippen molar-refractivity contribution in [2.45, 2.75) is 0 Å². The SMILES string of the molecule is O=C(CN1C(=O)CNC1=O)Nc1ccc(Br)cc1F. The third-order valence-electron chi connectivity index (χ3n) is 2.44. The van der Waals surface area contributed by atoms with Crippen molar-refractivity contribution >= 4 is 39.5 Å². The molecule has 0 atom stereocenters. The molecular formula is C11H9BrFN3O3. The van der Waals surface area contributed by atoms with E-state index in [4.69, 9.17) is 0 Å². The fourth-order valence-corrected chi connectivity index (χ4v) is 1.87. The van der Waals surface area contributed by atoms with Crippen molar-refractivity contribution in [3.05, 3.63) is 28.5 Å². The van der Waals surface area contributed by atoms with E-state index < -0.39 is 30.2 Å². The smallest absolute Gasteiger partial charge is 0.325 e. The lowest BCUT2D eigenvalue weighted by Crippen LogP contribution is -2.38. The van der Waals surface area contributed by atoms with Crippen LogP contribution in [0, 0.1) is 5.82 Å². The van der Waals surface area contributed by atoms with Gasteiger partial charge in [-0.25, -0.2) is 9.18 Å². The van der Waals surface area contributed by atoms with Crippen LogP contribution in [-0.4, -0.2) is 35.8 Å². The molecule has 1 fully saturated rings. The number of nitrogens with zero attached hydrogens (tertiary/aromatic N) is 1. The average molecular weight is 330 g/mol. The number of anilines is 1. The summed E-state index contributed by atoms with van der Waals surface area (Å²) in [6.45, 7) is -0.571. The molecule has 100 valence electrons. The lowest BCUT2D eigenvalue weighted by Gasteiger charge is -2.12. The Bertz CT molecular complexity index is 548. The summed E-state index contributed by atoms with van der Waals surface area (Å²) in [6.07, 6.45) is 0. The molecule has 2 rings (SSSR count). The molecule has 0 saturated carbocycles. The summed E-state index contributed by atoms with van der Waals surface area (Å²) in [7, 11) is 0. The van der Waals surface area contributed by atoms with E-state index in [1.807, 2.05) is 0 Å². The zero-order valence-corrected chi connectivity index (χ0v) is 11.2. The fraction of sp³-hybridized carbons (Fsp3) is 0.182. The van der Waals surface area contributed by atoms with Crippen LogP contribution >= 0.6 is 15.9 Å². The Morgan fingerprint density at radius 3 is 2.79 bits per heavy atom. The van der Waals surface area contributed by atoms with E-state index in [9.17, 15) is 18.8 Å². The van der Waals surface area contributed by atoms with E-state index in [2.05, 4.69) is 26.6 Å². The average Bonchev–Trinajstić information content (AvgIpc) is 2.65. The number of carbonyl (C=O) groups is 3. The van der Waals surface area contributed by atoms with Gasteiger partial charge in [0.1, 0.15) is 12.4 Å². The van der Waals surface area contributed by atoms with Gasteiger partial charge in [0.25, 0.3) is 5.91 Å². The maximum Gasteiger partial charge on any atom is 0.325 e. The second-order valence-corrected chi connectivity index (χ2v) is 4.73. The number of imide groups is 1. The molecule has 1 aliphatic heterocycles. The Morgan fingerprint density at radius 2 is 2.21 bits per heavy atom. The Hall–Kier alpha value is -1.96. The van der Waals surface area contributed by atoms with Crippen LogP contribution in [0.5, 0.6) is 0 Å². The van der Waals surface area contributed by atoms with Crippen LogP contribution in [0.3, 0.4) is 0 Å². The minimum absolute atomic E-state index is 0.0137. The number of amides is 4. The quantitative estimate of drug-likeness (QED) is 0.814. The largest absolute Gasteiger partial charge is 0.329 e. The molecular weight excluding hydrogens is 321 g/mol. The lowest BCUT2D eigenvalue weighted by molar-refractivity contribution is -0.128. The van der Waals surface area contributed by atoms with E-state index in [1.165, 1.54) is 12.1 Å². The van der Waals surface area contributed by atoms with Crippen LogP contribution in [0.4, 0.5) is 14.9 Å². The topological polar surface area (TPSA) is 78.5 Å². The third-order valence-corrected chi connectivity index (χ3v) is 2.94. The van der Waals surface area contributed by atoms with Crippen molar-refractivity contribution in [1.82, 2.24) is 10.2 Å². The van der Waals surface area contributed by atoms with Gasteiger partial charge >= 0.3 is 6.03 Å². The third kappa shape index (κ3) is 3.08. The molecule has 1 aromatic carbocycles. The van der Waals surface area contributed by atoms with Gasteiger partial charge in [-0.05, 0) is 18.2 Å². The molecule has 1 aromatic rings. The number of rotatable bonds is 3. The number of halogens is 2. The number of carbonyl (C=O) groups excluding carboxylic acids is 3. The Labute approximate surface area is 116 Å². The second-order valence-electron chi connectivity index (χ2n) is 3.81. The van der Waals surface area contributed by atoms with Crippen LogP contribution in [0.25, 0.3) is 0 Å². The minimum atomic E-state index is -0.647. The highest BCUT2D eigenvalue weighted by atomic mass is 79.9. The van der Waals surface area contributed by atoms with Gasteiger partial charge in [0.2, 0.25) is 5.91 Å². The van der Waals surface area contributed by atoms with Crippen molar-refractivity contribution in [1.29, 1.82) is 0 Å². The summed E-state index contributed by atoms with van der Waals surface area (Å²) >= 11 is 3.09. The van der Waals surface area contributed by atoms with E-state index in [-0.39, 0.29) is 12.2 Å². The van der Waals surface area contributed by atoms with Crippen molar-refractivity contribution < 1.29 is 18.8 Å². The molecule has 2 N–H and O–H groups in total. The molecule has 1 aliphatic rings. The van der Waals surface area contributed by atoms with Crippen LogP contribution in [0.1, 0.15) is 0 Å². The highest BCUT2D eigenvalue weighted by Gasteiger charge is 2.30. The summed E-state index contributed by atoms with van der Waals surface area (Å²) in [5, 5.41) is 4.58. The van der Waals surface area contributed by atoms with Gasteiger partial charge in [-0.1, -0.05) is 15.9 Å². The minimum Gasteiger partial charge on any atom is -0.329 e. The van der Waals surface area contributed by atoms with E-state index in [0.29, 0.717) is 4.47 Å². The standard InChI is InChI=1S/C11H9BrFN3O3/c12-6-1-2-8(7(13)3-6)15-9(17)5-16-10(18)4-14-11(16)19/h1-3H,4-5H2,(H,14,19)(H,15,17). The van der Waals surface area contributed by atoms with Crippen LogP contribution < -0.4 is 10.6 Å². The summed E-state index contributed by atoms with van der Waals surface area (Å²) in [6, 6.07) is 3.51. The molecule has 1 saturated heterocycles. The molecule has 0 aliphatic carbocycles. The van der Waals surface area contributed by atoms with Crippen molar-refractivity contribution in [2.24, 2.45) is 0 Å². The van der Waals surface area contributed by atoms with Crippen LogP contribution in [-0.2, 0) is 9.59 Å². The maximum atomic E-state index is 13.5. The van der Waals surface area contributed by atoms with Gasteiger partial charge in [-0.2, -0.15) is 0 Å². The Balaban J connectivity index is 2.01. The van der Waals surface area contributed by atoms with Crippen molar-refractivity contribution in [2.75, 3.05) is 18.4 Å². The van der Waals surface area contributed by atoms with Gasteiger partial charge in [0.05, 0.1) is 12.2 Å². The molecule has 0 aromatic heterocycles. The molecule has 19 heavy (non-hydrogen) atoms. The number of hydrogen-bond acceptors (Lipinski definition) is 3. The number of urea groups is 1. The predicted octanol–water partition coefficient (Wildman–Crippen LogP) is 1.08. The highest BCUT2D eigenvalue weighted by Crippen LogP contribution is 2.19. The Kier molecular flexibility index (Phi) is 3.79. The number of nitrogens with one attached hydrogen (secondary N) is 2. The molecule has 4 amide bonds. The van der Waals surface area contributed by atoms with E-state index in [0.717, 1.165) is 4.90 Å². The van der Waals surface area contributed by atoms with Gasteiger partial charge in [0, 0.05) is 4.47 Å². The van der Waals surface area contributed by atoms with Crippen molar-refractivity contribution in [3.8, 4) is 0 Å². The molecule has 0 spiro atoms. The highest BCUT2D eigenvalue weighted by molar-refractivity contribution is 9.10. The monoisotopic (exact) mass is 329 g/mol. The first kappa shape index (κ1) is 13.5. The summed E-state index contributed by atoms with van der Waals surface area (Å²) in [4.78, 5) is 34.9. The molecule has 6 nitrogen and oxygen atoms in total. The predicted molar refractivity (Wildman–Crippen MR) is 67.8 cm³/mol. The van der Waals surface area contributed by atoms with E-state index >= 15 is 0 Å². The maximum absolute atomic E-state index is 13.5. The number of hydrogen-bond donors (Lipinski definition) is 2. The van der Waals surface area contributed by atoms with E-state index in [1.54, 1.807) is 6.07 Å². The molecule has 0 unspecified atom stereocenters. The van der Waals surface area contributed by atoms with Gasteiger partial charge in [-0.3, -0.25) is 14.5 Å². The molecule has 0 bridgehead atoms. The Morgan fingerprint density at radius 1 is 1.47 bits per heavy atom. The first-order valence-electron chi connectivity index (χ1n) is 5.30. The van der Waals surface area contributed by atoms with Crippen molar-refractivity contribution in [3.63, 3.8) is 0 Å². The number of benzene rings is 1. The summed E-state index contributed by atoms with van der Waals surface area (Å²) in [5.74, 6) is -1.75. The summed E-state index contributed by atoms with van der Waals surface area (Å²) < 4.78 is 14.0. The second kappa shape index (κ2) is 5.35. The first-order valence-corrected chi connectivity index (χ1v) is 6.10. The lowest BCUT2D eigenvalue weighted by atomic mass is 10.3. The fourth-order valence-electron chi connectivity index (χ4n) is 1.54. The van der Waals surface area contributed by atoms with Gasteiger partial charge < -0.3 is 10.6 Å². The van der Waals surface area contributed by atoms with Crippen LogP contribution in [0.2, 0.25) is 0 Å². The first-order chi connectivity index (χ1) is 8.97. The van der Waals surface area contributed by atoms with Gasteiger partial charge in [0.15, 0.2) is 0 Å². The molecule has 1 heterocycles.